The van der Waals surface area contributed by atoms with E-state index in [-0.39, 0.29) is 5.69 Å². The summed E-state index contributed by atoms with van der Waals surface area (Å²) in [7, 11) is 1.55. The van der Waals surface area contributed by atoms with Crippen LogP contribution in [0.25, 0.3) is 0 Å². The molecule has 0 aliphatic carbocycles. The van der Waals surface area contributed by atoms with E-state index in [0.717, 1.165) is 5.56 Å². The Morgan fingerprint density at radius 2 is 2.00 bits per heavy atom. The molecular formula is C14H18N2O3. The monoisotopic (exact) mass is 262 g/mol. The molecule has 0 radical (unpaired) electrons. The third-order valence-corrected chi connectivity index (χ3v) is 2.64. The van der Waals surface area contributed by atoms with Crippen molar-refractivity contribution in [1.82, 2.24) is 4.90 Å². The Hall–Kier alpha value is -2.14. The summed E-state index contributed by atoms with van der Waals surface area (Å²) in [5.41, 5.74) is 0.841. The van der Waals surface area contributed by atoms with E-state index in [4.69, 9.17) is 4.74 Å². The van der Waals surface area contributed by atoms with Gasteiger partial charge in [-0.05, 0) is 6.07 Å². The lowest BCUT2D eigenvalue weighted by Gasteiger charge is -2.20. The molecule has 0 saturated carbocycles. The highest BCUT2D eigenvalue weighted by molar-refractivity contribution is 5.43. The van der Waals surface area contributed by atoms with Crippen LogP contribution in [0, 0.1) is 10.1 Å². The zero-order chi connectivity index (χ0) is 14.3. The fraction of sp³-hybridized carbons (Fsp3) is 0.286. The van der Waals surface area contributed by atoms with E-state index in [1.165, 1.54) is 12.1 Å². The maximum Gasteiger partial charge on any atom is 0.270 e. The van der Waals surface area contributed by atoms with Gasteiger partial charge in [0.15, 0.2) is 0 Å². The first-order valence-corrected chi connectivity index (χ1v) is 5.87. The van der Waals surface area contributed by atoms with Gasteiger partial charge in [0.25, 0.3) is 5.69 Å². The van der Waals surface area contributed by atoms with Gasteiger partial charge >= 0.3 is 0 Å². The number of nitro groups is 1. The Morgan fingerprint density at radius 1 is 1.37 bits per heavy atom. The third-order valence-electron chi connectivity index (χ3n) is 2.64. The first kappa shape index (κ1) is 14.9. The molecule has 0 heterocycles. The molecule has 0 amide bonds. The summed E-state index contributed by atoms with van der Waals surface area (Å²) in [6.45, 7) is 9.30. The number of benzene rings is 1. The molecule has 1 aromatic rings. The van der Waals surface area contributed by atoms with Crippen LogP contribution in [0.5, 0.6) is 5.75 Å². The van der Waals surface area contributed by atoms with Gasteiger partial charge in [0.1, 0.15) is 5.75 Å². The van der Waals surface area contributed by atoms with E-state index < -0.39 is 4.92 Å². The average Bonchev–Trinajstić information content (AvgIpc) is 2.39. The van der Waals surface area contributed by atoms with Crippen molar-refractivity contribution in [1.29, 1.82) is 0 Å². The van der Waals surface area contributed by atoms with Gasteiger partial charge in [-0.15, -0.1) is 13.2 Å². The van der Waals surface area contributed by atoms with E-state index in [1.807, 2.05) is 0 Å². The summed E-state index contributed by atoms with van der Waals surface area (Å²) in [6.07, 6.45) is 3.57. The topological polar surface area (TPSA) is 55.6 Å². The van der Waals surface area contributed by atoms with E-state index in [2.05, 4.69) is 18.1 Å². The second-order valence-corrected chi connectivity index (χ2v) is 4.02. The Morgan fingerprint density at radius 3 is 2.47 bits per heavy atom. The summed E-state index contributed by atoms with van der Waals surface area (Å²) in [6, 6.07) is 4.60. The van der Waals surface area contributed by atoms with Crippen LogP contribution in [0.3, 0.4) is 0 Å². The molecule has 5 heteroatoms. The molecule has 0 unspecified atom stereocenters. The van der Waals surface area contributed by atoms with Crippen LogP contribution in [0.2, 0.25) is 0 Å². The van der Waals surface area contributed by atoms with E-state index in [1.54, 1.807) is 25.3 Å². The number of rotatable bonds is 8. The van der Waals surface area contributed by atoms with Crippen molar-refractivity contribution in [3.05, 3.63) is 59.2 Å². The van der Waals surface area contributed by atoms with Crippen molar-refractivity contribution in [3.63, 3.8) is 0 Å². The summed E-state index contributed by atoms with van der Waals surface area (Å²) in [4.78, 5) is 12.5. The maximum atomic E-state index is 10.8. The Labute approximate surface area is 112 Å². The molecule has 0 atom stereocenters. The lowest BCUT2D eigenvalue weighted by atomic mass is 10.1. The summed E-state index contributed by atoms with van der Waals surface area (Å²) >= 11 is 0. The second kappa shape index (κ2) is 7.33. The number of hydrogen-bond acceptors (Lipinski definition) is 4. The molecule has 1 aromatic carbocycles. The first-order chi connectivity index (χ1) is 9.12. The maximum absolute atomic E-state index is 10.8. The van der Waals surface area contributed by atoms with E-state index in [0.29, 0.717) is 25.4 Å². The van der Waals surface area contributed by atoms with Gasteiger partial charge in [0.2, 0.25) is 0 Å². The standard InChI is InChI=1S/C14H18N2O3/c1-4-8-15(9-5-2)11-12-10-13(16(17)18)6-7-14(12)19-3/h4-7,10H,1-2,8-9,11H2,3H3. The largest absolute Gasteiger partial charge is 0.496 e. The van der Waals surface area contributed by atoms with Crippen LogP contribution in [0.1, 0.15) is 5.56 Å². The Kier molecular flexibility index (Phi) is 5.75. The lowest BCUT2D eigenvalue weighted by molar-refractivity contribution is -0.384. The second-order valence-electron chi connectivity index (χ2n) is 4.02. The van der Waals surface area contributed by atoms with Gasteiger partial charge in [-0.1, -0.05) is 12.2 Å². The average molecular weight is 262 g/mol. The molecule has 5 nitrogen and oxygen atoms in total. The van der Waals surface area contributed by atoms with Crippen molar-refractivity contribution in [3.8, 4) is 5.75 Å². The minimum atomic E-state index is -0.408. The summed E-state index contributed by atoms with van der Waals surface area (Å²) in [5, 5.41) is 10.8. The van der Waals surface area contributed by atoms with Crippen molar-refractivity contribution in [2.75, 3.05) is 20.2 Å². The SMILES string of the molecule is C=CCN(CC=C)Cc1cc([N+](=O)[O-])ccc1OC. The highest BCUT2D eigenvalue weighted by atomic mass is 16.6. The quantitative estimate of drug-likeness (QED) is 0.410. The van der Waals surface area contributed by atoms with Gasteiger partial charge in [-0.2, -0.15) is 0 Å². The minimum Gasteiger partial charge on any atom is -0.496 e. The van der Waals surface area contributed by atoms with Crippen LogP contribution in [-0.2, 0) is 6.54 Å². The van der Waals surface area contributed by atoms with Gasteiger partial charge < -0.3 is 4.74 Å². The number of hydrogen-bond donors (Lipinski definition) is 0. The molecule has 0 fully saturated rings. The van der Waals surface area contributed by atoms with Crippen LogP contribution in [0.15, 0.2) is 43.5 Å². The van der Waals surface area contributed by atoms with Crippen molar-refractivity contribution in [2.45, 2.75) is 6.54 Å². The molecule has 0 aliphatic heterocycles. The van der Waals surface area contributed by atoms with Crippen LogP contribution in [-0.4, -0.2) is 30.0 Å². The fourth-order valence-corrected chi connectivity index (χ4v) is 1.81. The van der Waals surface area contributed by atoms with Gasteiger partial charge in [0, 0.05) is 37.3 Å². The highest BCUT2D eigenvalue weighted by Gasteiger charge is 2.13. The molecule has 102 valence electrons. The van der Waals surface area contributed by atoms with Crippen LogP contribution >= 0.6 is 0 Å². The number of non-ortho nitro benzene ring substituents is 1. The Balaban J connectivity index is 3.00. The zero-order valence-corrected chi connectivity index (χ0v) is 11.0. The van der Waals surface area contributed by atoms with Crippen molar-refractivity contribution < 1.29 is 9.66 Å². The molecule has 0 N–H and O–H groups in total. The third kappa shape index (κ3) is 4.22. The minimum absolute atomic E-state index is 0.0629. The zero-order valence-electron chi connectivity index (χ0n) is 11.0. The summed E-state index contributed by atoms with van der Waals surface area (Å²) in [5.74, 6) is 0.642. The molecule has 0 aliphatic rings. The van der Waals surface area contributed by atoms with Gasteiger partial charge in [-0.25, -0.2) is 0 Å². The van der Waals surface area contributed by atoms with Crippen molar-refractivity contribution >= 4 is 5.69 Å². The number of methoxy groups -OCH3 is 1. The number of nitrogens with zero attached hydrogens (tertiary/aromatic N) is 2. The van der Waals surface area contributed by atoms with Crippen LogP contribution in [0.4, 0.5) is 5.69 Å². The molecular weight excluding hydrogens is 244 g/mol. The smallest absolute Gasteiger partial charge is 0.270 e. The molecule has 0 bridgehead atoms. The van der Waals surface area contributed by atoms with Crippen molar-refractivity contribution in [2.24, 2.45) is 0 Å². The molecule has 0 saturated heterocycles. The predicted octanol–water partition coefficient (Wildman–Crippen LogP) is 2.78. The van der Waals surface area contributed by atoms with Gasteiger partial charge in [0.05, 0.1) is 12.0 Å². The van der Waals surface area contributed by atoms with E-state index >= 15 is 0 Å². The predicted molar refractivity (Wildman–Crippen MR) is 75.3 cm³/mol. The molecule has 19 heavy (non-hydrogen) atoms. The van der Waals surface area contributed by atoms with Crippen LogP contribution < -0.4 is 4.74 Å². The molecule has 0 spiro atoms. The first-order valence-electron chi connectivity index (χ1n) is 5.87. The fourth-order valence-electron chi connectivity index (χ4n) is 1.81. The molecule has 0 aromatic heterocycles. The lowest BCUT2D eigenvalue weighted by Crippen LogP contribution is -2.23. The molecule has 1 rings (SSSR count). The highest BCUT2D eigenvalue weighted by Crippen LogP contribution is 2.25. The summed E-state index contributed by atoms with van der Waals surface area (Å²) < 4.78 is 5.24. The Bertz CT molecular complexity index is 462. The van der Waals surface area contributed by atoms with E-state index in [9.17, 15) is 10.1 Å². The normalized spacial score (nSPS) is 10.2. The number of nitro benzene ring substituents is 1. The van der Waals surface area contributed by atoms with Gasteiger partial charge in [-0.3, -0.25) is 15.0 Å². The number of ether oxygens (including phenoxy) is 1.